The first-order valence-corrected chi connectivity index (χ1v) is 5.56. The van der Waals surface area contributed by atoms with Crippen LogP contribution in [-0.2, 0) is 0 Å². The zero-order valence-corrected chi connectivity index (χ0v) is 10.4. The fourth-order valence-corrected chi connectivity index (χ4v) is 2.08. The molecular formula is C10H9IN4O. The molecule has 0 atom stereocenters. The Bertz CT molecular complexity index is 550. The van der Waals surface area contributed by atoms with E-state index in [1.54, 1.807) is 23.0 Å². The fraction of sp³-hybridized carbons (Fsp3) is 0. The molecule has 0 radical (unpaired) electrons. The van der Waals surface area contributed by atoms with E-state index in [1.807, 2.05) is 12.1 Å². The van der Waals surface area contributed by atoms with Crippen LogP contribution in [0.2, 0.25) is 0 Å². The van der Waals surface area contributed by atoms with Gasteiger partial charge >= 0.3 is 0 Å². The Hall–Kier alpha value is -1.57. The monoisotopic (exact) mass is 328 g/mol. The van der Waals surface area contributed by atoms with E-state index in [9.17, 15) is 4.79 Å². The highest BCUT2D eigenvalue weighted by molar-refractivity contribution is 14.1. The summed E-state index contributed by atoms with van der Waals surface area (Å²) in [4.78, 5) is 10.9. The van der Waals surface area contributed by atoms with E-state index in [-0.39, 0.29) is 5.69 Å². The molecule has 0 unspecified atom stereocenters. The Morgan fingerprint density at radius 1 is 1.38 bits per heavy atom. The van der Waals surface area contributed by atoms with Crippen molar-refractivity contribution in [2.75, 3.05) is 5.73 Å². The molecule has 6 heteroatoms. The van der Waals surface area contributed by atoms with E-state index in [0.717, 1.165) is 9.26 Å². The maximum atomic E-state index is 10.9. The van der Waals surface area contributed by atoms with E-state index in [1.165, 1.54) is 0 Å². The summed E-state index contributed by atoms with van der Waals surface area (Å²) in [6, 6.07) is 7.04. The average molecular weight is 328 g/mol. The summed E-state index contributed by atoms with van der Waals surface area (Å²) in [6.45, 7) is 0. The molecule has 0 aliphatic rings. The summed E-state index contributed by atoms with van der Waals surface area (Å²) >= 11 is 2.16. The van der Waals surface area contributed by atoms with E-state index in [2.05, 4.69) is 27.7 Å². The Morgan fingerprint density at radius 2 is 2.12 bits per heavy atom. The molecule has 0 fully saturated rings. The van der Waals surface area contributed by atoms with Gasteiger partial charge in [-0.1, -0.05) is 0 Å². The predicted octanol–water partition coefficient (Wildman–Crippen LogP) is 1.16. The number of hydrogen-bond acceptors (Lipinski definition) is 3. The molecule has 0 aliphatic carbocycles. The number of nitrogens with zero attached hydrogens (tertiary/aromatic N) is 2. The fourth-order valence-electron chi connectivity index (χ4n) is 1.30. The molecule has 0 bridgehead atoms. The normalized spacial score (nSPS) is 10.3. The van der Waals surface area contributed by atoms with Crippen molar-refractivity contribution in [2.24, 2.45) is 5.73 Å². The molecule has 0 spiro atoms. The first kappa shape index (κ1) is 10.9. The summed E-state index contributed by atoms with van der Waals surface area (Å²) < 4.78 is 2.55. The molecule has 2 rings (SSSR count). The van der Waals surface area contributed by atoms with E-state index < -0.39 is 5.91 Å². The predicted molar refractivity (Wildman–Crippen MR) is 69.2 cm³/mol. The van der Waals surface area contributed by atoms with Gasteiger partial charge in [-0.05, 0) is 46.9 Å². The molecule has 1 heterocycles. The number of benzene rings is 1. The second-order valence-electron chi connectivity index (χ2n) is 3.22. The van der Waals surface area contributed by atoms with Crippen molar-refractivity contribution in [1.29, 1.82) is 0 Å². The van der Waals surface area contributed by atoms with Crippen molar-refractivity contribution in [1.82, 2.24) is 9.78 Å². The lowest BCUT2D eigenvalue weighted by Crippen LogP contribution is -2.12. The maximum absolute atomic E-state index is 10.9. The van der Waals surface area contributed by atoms with Crippen LogP contribution in [0.15, 0.2) is 30.5 Å². The van der Waals surface area contributed by atoms with Crippen molar-refractivity contribution in [3.8, 4) is 5.69 Å². The molecule has 0 aliphatic heterocycles. The van der Waals surface area contributed by atoms with Crippen molar-refractivity contribution < 1.29 is 4.79 Å². The van der Waals surface area contributed by atoms with Crippen LogP contribution in [-0.4, -0.2) is 15.7 Å². The highest BCUT2D eigenvalue weighted by Crippen LogP contribution is 2.19. The number of primary amides is 1. The summed E-state index contributed by atoms with van der Waals surface area (Å²) in [5.41, 5.74) is 12.6. The minimum absolute atomic E-state index is 0.243. The van der Waals surface area contributed by atoms with Gasteiger partial charge in [0, 0.05) is 15.5 Å². The third kappa shape index (κ3) is 2.01. The summed E-state index contributed by atoms with van der Waals surface area (Å²) in [6.07, 6.45) is 1.69. The van der Waals surface area contributed by atoms with E-state index >= 15 is 0 Å². The minimum atomic E-state index is -0.538. The lowest BCUT2D eigenvalue weighted by molar-refractivity contribution is 0.0995. The molecule has 16 heavy (non-hydrogen) atoms. The number of aromatic nitrogens is 2. The molecule has 4 N–H and O–H groups in total. The molecule has 5 nitrogen and oxygen atoms in total. The summed E-state index contributed by atoms with van der Waals surface area (Å²) in [5, 5.41) is 4.07. The standard InChI is InChI=1S/C10H9IN4O/c11-7-5-6(12)1-2-9(7)15-4-3-8(14-15)10(13)16/h1-5H,12H2,(H2,13,16). The molecule has 2 aromatic rings. The van der Waals surface area contributed by atoms with Crippen molar-refractivity contribution in [3.05, 3.63) is 39.7 Å². The Labute approximate surface area is 106 Å². The van der Waals surface area contributed by atoms with Crippen molar-refractivity contribution in [2.45, 2.75) is 0 Å². The average Bonchev–Trinajstić information content (AvgIpc) is 2.66. The first-order valence-electron chi connectivity index (χ1n) is 4.49. The summed E-state index contributed by atoms with van der Waals surface area (Å²) in [7, 11) is 0. The zero-order chi connectivity index (χ0) is 11.7. The van der Waals surface area contributed by atoms with Crippen molar-refractivity contribution >= 4 is 34.2 Å². The largest absolute Gasteiger partial charge is 0.399 e. The third-order valence-corrected chi connectivity index (χ3v) is 2.92. The van der Waals surface area contributed by atoms with Crippen LogP contribution in [0, 0.1) is 3.57 Å². The number of anilines is 1. The number of amides is 1. The maximum Gasteiger partial charge on any atom is 0.269 e. The second kappa shape index (κ2) is 4.12. The van der Waals surface area contributed by atoms with Gasteiger partial charge in [-0.2, -0.15) is 5.10 Å². The molecular weight excluding hydrogens is 319 g/mol. The smallest absolute Gasteiger partial charge is 0.269 e. The molecule has 1 amide bonds. The SMILES string of the molecule is NC(=O)c1ccn(-c2ccc(N)cc2I)n1. The number of carbonyl (C=O) groups excluding carboxylic acids is 1. The lowest BCUT2D eigenvalue weighted by Gasteiger charge is -2.04. The number of carbonyl (C=O) groups is 1. The summed E-state index contributed by atoms with van der Waals surface area (Å²) in [5.74, 6) is -0.538. The number of rotatable bonds is 2. The lowest BCUT2D eigenvalue weighted by atomic mass is 10.3. The quantitative estimate of drug-likeness (QED) is 0.641. The van der Waals surface area contributed by atoms with Gasteiger partial charge in [0.05, 0.1) is 5.69 Å². The van der Waals surface area contributed by atoms with Gasteiger partial charge in [0.2, 0.25) is 0 Å². The molecule has 82 valence electrons. The van der Waals surface area contributed by atoms with Gasteiger partial charge in [0.1, 0.15) is 5.69 Å². The molecule has 0 saturated carbocycles. The van der Waals surface area contributed by atoms with E-state index in [0.29, 0.717) is 5.69 Å². The van der Waals surface area contributed by atoms with Crippen LogP contribution in [0.25, 0.3) is 5.69 Å². The van der Waals surface area contributed by atoms with Gasteiger partial charge in [-0.25, -0.2) is 4.68 Å². The first-order chi connectivity index (χ1) is 7.58. The molecule has 1 aromatic carbocycles. The molecule has 1 aromatic heterocycles. The van der Waals surface area contributed by atoms with Crippen LogP contribution in [0.4, 0.5) is 5.69 Å². The topological polar surface area (TPSA) is 86.9 Å². The molecule has 0 saturated heterocycles. The highest BCUT2D eigenvalue weighted by Gasteiger charge is 2.08. The van der Waals surface area contributed by atoms with Gasteiger partial charge in [0.25, 0.3) is 5.91 Å². The van der Waals surface area contributed by atoms with Crippen LogP contribution in [0.5, 0.6) is 0 Å². The minimum Gasteiger partial charge on any atom is -0.399 e. The van der Waals surface area contributed by atoms with Gasteiger partial charge < -0.3 is 11.5 Å². The zero-order valence-electron chi connectivity index (χ0n) is 8.22. The number of nitrogen functional groups attached to an aromatic ring is 1. The Kier molecular flexibility index (Phi) is 2.82. The van der Waals surface area contributed by atoms with Crippen LogP contribution in [0.3, 0.4) is 0 Å². The number of hydrogen-bond donors (Lipinski definition) is 2. The number of halogens is 1. The Morgan fingerprint density at radius 3 is 2.69 bits per heavy atom. The van der Waals surface area contributed by atoms with Crippen LogP contribution in [0.1, 0.15) is 10.5 Å². The van der Waals surface area contributed by atoms with Gasteiger partial charge in [0.15, 0.2) is 0 Å². The van der Waals surface area contributed by atoms with E-state index in [4.69, 9.17) is 11.5 Å². The van der Waals surface area contributed by atoms with Crippen LogP contribution < -0.4 is 11.5 Å². The second-order valence-corrected chi connectivity index (χ2v) is 4.38. The van der Waals surface area contributed by atoms with Crippen LogP contribution >= 0.6 is 22.6 Å². The highest BCUT2D eigenvalue weighted by atomic mass is 127. The van der Waals surface area contributed by atoms with Gasteiger partial charge in [-0.3, -0.25) is 4.79 Å². The van der Waals surface area contributed by atoms with Crippen molar-refractivity contribution in [3.63, 3.8) is 0 Å². The van der Waals surface area contributed by atoms with Gasteiger partial charge in [-0.15, -0.1) is 0 Å². The Balaban J connectivity index is 2.46. The number of nitrogens with two attached hydrogens (primary N) is 2. The third-order valence-electron chi connectivity index (χ3n) is 2.06.